The summed E-state index contributed by atoms with van der Waals surface area (Å²) in [5, 5.41) is 3.72. The van der Waals surface area contributed by atoms with Gasteiger partial charge in [-0.3, -0.25) is 14.2 Å². The van der Waals surface area contributed by atoms with E-state index < -0.39 is 0 Å². The van der Waals surface area contributed by atoms with Crippen molar-refractivity contribution in [3.63, 3.8) is 0 Å². The molecule has 1 aliphatic heterocycles. The van der Waals surface area contributed by atoms with Crippen LogP contribution >= 0.6 is 11.8 Å². The number of thioether (sulfide) groups is 1. The van der Waals surface area contributed by atoms with E-state index in [1.807, 2.05) is 80.6 Å². The lowest BCUT2D eigenvalue weighted by molar-refractivity contribution is -0.113. The SMILES string of the molecule is CC1(C)Cc2nc3nc(SCC(=O)Nc4ccccc4)n(-c4ccccc4)c(=O)c3cc2CO1. The lowest BCUT2D eigenvalue weighted by Gasteiger charge is -2.31. The van der Waals surface area contributed by atoms with Gasteiger partial charge in [-0.05, 0) is 44.2 Å². The molecule has 2 aromatic carbocycles. The third kappa shape index (κ3) is 4.60. The van der Waals surface area contributed by atoms with E-state index in [0.717, 1.165) is 16.9 Å². The smallest absolute Gasteiger partial charge is 0.268 e. The number of hydrogen-bond donors (Lipinski definition) is 1. The van der Waals surface area contributed by atoms with Crippen LogP contribution in [0.25, 0.3) is 16.7 Å². The summed E-state index contributed by atoms with van der Waals surface area (Å²) < 4.78 is 7.46. The van der Waals surface area contributed by atoms with Crippen LogP contribution in [0.3, 0.4) is 0 Å². The lowest BCUT2D eigenvalue weighted by Crippen LogP contribution is -2.33. The van der Waals surface area contributed by atoms with E-state index in [2.05, 4.69) is 5.32 Å². The molecule has 1 N–H and O–H groups in total. The Morgan fingerprint density at radius 3 is 2.53 bits per heavy atom. The van der Waals surface area contributed by atoms with E-state index in [-0.39, 0.29) is 22.8 Å². The van der Waals surface area contributed by atoms with Crippen LogP contribution in [-0.4, -0.2) is 31.8 Å². The second-order valence-electron chi connectivity index (χ2n) is 8.76. The Balaban J connectivity index is 1.54. The zero-order valence-corrected chi connectivity index (χ0v) is 19.8. The normalized spacial score (nSPS) is 14.5. The summed E-state index contributed by atoms with van der Waals surface area (Å²) in [4.78, 5) is 35.7. The van der Waals surface area contributed by atoms with E-state index in [4.69, 9.17) is 14.7 Å². The highest BCUT2D eigenvalue weighted by Gasteiger charge is 2.28. The van der Waals surface area contributed by atoms with E-state index in [1.165, 1.54) is 11.8 Å². The first-order valence-corrected chi connectivity index (χ1v) is 12.0. The predicted octanol–water partition coefficient (Wildman–Crippen LogP) is 4.36. The number of amides is 1. The first-order valence-electron chi connectivity index (χ1n) is 11.0. The molecule has 8 heteroatoms. The van der Waals surface area contributed by atoms with Gasteiger partial charge >= 0.3 is 0 Å². The Kier molecular flexibility index (Phi) is 5.93. The Hall–Kier alpha value is -3.49. The standard InChI is InChI=1S/C26H24N4O3S/c1-26(2)14-21-17(15-33-26)13-20-23(28-21)29-25(30(24(20)32)19-11-7-4-8-12-19)34-16-22(31)27-18-9-5-3-6-10-18/h3-13H,14-16H2,1-2H3,(H,27,31). The van der Waals surface area contributed by atoms with Crippen molar-refractivity contribution in [3.8, 4) is 5.69 Å². The summed E-state index contributed by atoms with van der Waals surface area (Å²) in [7, 11) is 0. The van der Waals surface area contributed by atoms with E-state index in [1.54, 1.807) is 4.57 Å². The van der Waals surface area contributed by atoms with Gasteiger partial charge < -0.3 is 10.1 Å². The van der Waals surface area contributed by atoms with Gasteiger partial charge in [-0.15, -0.1) is 0 Å². The maximum atomic E-state index is 13.6. The van der Waals surface area contributed by atoms with Gasteiger partial charge in [0, 0.05) is 17.7 Å². The zero-order chi connectivity index (χ0) is 23.7. The molecule has 7 nitrogen and oxygen atoms in total. The van der Waals surface area contributed by atoms with Gasteiger partial charge in [0.25, 0.3) is 5.56 Å². The number of rotatable bonds is 5. The van der Waals surface area contributed by atoms with Gasteiger partial charge in [0.05, 0.1) is 34.7 Å². The third-order valence-corrected chi connectivity index (χ3v) is 6.55. The maximum absolute atomic E-state index is 13.6. The number of nitrogens with one attached hydrogen (secondary N) is 1. The minimum atomic E-state index is -0.320. The average molecular weight is 473 g/mol. The Bertz CT molecular complexity index is 1420. The number of ether oxygens (including phenoxy) is 1. The minimum absolute atomic E-state index is 0.103. The Morgan fingerprint density at radius 1 is 1.09 bits per heavy atom. The molecular formula is C26H24N4O3S. The highest BCUT2D eigenvalue weighted by Crippen LogP contribution is 2.29. The fourth-order valence-corrected chi connectivity index (χ4v) is 4.73. The highest BCUT2D eigenvalue weighted by molar-refractivity contribution is 7.99. The summed E-state index contributed by atoms with van der Waals surface area (Å²) in [6.07, 6.45) is 0.643. The molecule has 0 saturated heterocycles. The molecule has 0 unspecified atom stereocenters. The van der Waals surface area contributed by atoms with Crippen LogP contribution in [-0.2, 0) is 22.6 Å². The highest BCUT2D eigenvalue weighted by atomic mass is 32.2. The fourth-order valence-electron chi connectivity index (χ4n) is 3.93. The third-order valence-electron chi connectivity index (χ3n) is 5.61. The second kappa shape index (κ2) is 9.04. The average Bonchev–Trinajstić information content (AvgIpc) is 2.82. The van der Waals surface area contributed by atoms with Gasteiger partial charge in [-0.25, -0.2) is 9.97 Å². The summed E-state index contributed by atoms with van der Waals surface area (Å²) >= 11 is 1.21. The molecule has 0 aliphatic carbocycles. The van der Waals surface area contributed by atoms with Crippen molar-refractivity contribution in [1.29, 1.82) is 0 Å². The van der Waals surface area contributed by atoms with Crippen LogP contribution in [0.2, 0.25) is 0 Å². The van der Waals surface area contributed by atoms with Crippen molar-refractivity contribution < 1.29 is 9.53 Å². The molecule has 0 atom stereocenters. The van der Waals surface area contributed by atoms with Crippen LogP contribution in [0, 0.1) is 0 Å². The first-order chi connectivity index (χ1) is 16.4. The van der Waals surface area contributed by atoms with Gasteiger partial charge in [0.1, 0.15) is 0 Å². The summed E-state index contributed by atoms with van der Waals surface area (Å²) in [5.74, 6) is -0.0756. The molecular weight excluding hydrogens is 448 g/mol. The fraction of sp³-hybridized carbons (Fsp3) is 0.231. The number of carbonyl (C=O) groups is 1. The van der Waals surface area contributed by atoms with Crippen molar-refractivity contribution in [1.82, 2.24) is 14.5 Å². The molecule has 0 saturated carbocycles. The monoisotopic (exact) mass is 472 g/mol. The van der Waals surface area contributed by atoms with Crippen molar-refractivity contribution >= 4 is 34.4 Å². The first kappa shape index (κ1) is 22.3. The largest absolute Gasteiger partial charge is 0.370 e. The number of anilines is 1. The number of para-hydroxylation sites is 2. The van der Waals surface area contributed by atoms with Crippen LogP contribution in [0.1, 0.15) is 25.1 Å². The van der Waals surface area contributed by atoms with Gasteiger partial charge in [-0.2, -0.15) is 0 Å². The molecule has 34 heavy (non-hydrogen) atoms. The Labute approximate surface area is 201 Å². The van der Waals surface area contributed by atoms with E-state index in [9.17, 15) is 9.59 Å². The topological polar surface area (TPSA) is 86.1 Å². The molecule has 0 bridgehead atoms. The number of fused-ring (bicyclic) bond motifs is 2. The predicted molar refractivity (Wildman–Crippen MR) is 134 cm³/mol. The molecule has 172 valence electrons. The summed E-state index contributed by atoms with van der Waals surface area (Å²) in [5.41, 5.74) is 3.06. The van der Waals surface area contributed by atoms with Crippen LogP contribution < -0.4 is 10.9 Å². The van der Waals surface area contributed by atoms with Crippen molar-refractivity contribution in [3.05, 3.63) is 88.3 Å². The molecule has 2 aromatic heterocycles. The molecule has 1 amide bonds. The van der Waals surface area contributed by atoms with Crippen molar-refractivity contribution in [2.75, 3.05) is 11.1 Å². The molecule has 0 radical (unpaired) electrons. The molecule has 0 fully saturated rings. The van der Waals surface area contributed by atoms with Crippen LogP contribution in [0.4, 0.5) is 5.69 Å². The summed E-state index contributed by atoms with van der Waals surface area (Å²) in [6.45, 7) is 4.46. The number of carbonyl (C=O) groups excluding carboxylic acids is 1. The number of nitrogens with zero attached hydrogens (tertiary/aromatic N) is 3. The maximum Gasteiger partial charge on any atom is 0.268 e. The van der Waals surface area contributed by atoms with E-state index >= 15 is 0 Å². The number of pyridine rings is 1. The number of hydrogen-bond acceptors (Lipinski definition) is 6. The quantitative estimate of drug-likeness (QED) is 0.343. The molecule has 1 aliphatic rings. The Morgan fingerprint density at radius 2 is 1.79 bits per heavy atom. The van der Waals surface area contributed by atoms with Crippen molar-refractivity contribution in [2.24, 2.45) is 0 Å². The molecule has 4 aromatic rings. The van der Waals surface area contributed by atoms with Crippen LogP contribution in [0.15, 0.2) is 76.7 Å². The second-order valence-corrected chi connectivity index (χ2v) is 9.71. The van der Waals surface area contributed by atoms with Crippen LogP contribution in [0.5, 0.6) is 0 Å². The van der Waals surface area contributed by atoms with Gasteiger partial charge in [-0.1, -0.05) is 48.2 Å². The zero-order valence-electron chi connectivity index (χ0n) is 18.9. The lowest BCUT2D eigenvalue weighted by atomic mass is 9.95. The van der Waals surface area contributed by atoms with Gasteiger partial charge in [0.15, 0.2) is 10.8 Å². The molecule has 5 rings (SSSR count). The minimum Gasteiger partial charge on any atom is -0.370 e. The van der Waals surface area contributed by atoms with Gasteiger partial charge in [0.2, 0.25) is 5.91 Å². The number of benzene rings is 2. The number of aromatic nitrogens is 3. The van der Waals surface area contributed by atoms with E-state index in [0.29, 0.717) is 34.9 Å². The molecule has 0 spiro atoms. The van der Waals surface area contributed by atoms with Crippen molar-refractivity contribution in [2.45, 2.75) is 37.6 Å². The molecule has 3 heterocycles. The summed E-state index contributed by atoms with van der Waals surface area (Å²) in [6, 6.07) is 20.4.